The van der Waals surface area contributed by atoms with Crippen LogP contribution in [0.5, 0.6) is 0 Å². The van der Waals surface area contributed by atoms with E-state index in [1.807, 2.05) is 43.3 Å². The normalized spacial score (nSPS) is 12.3. The smallest absolute Gasteiger partial charge is 0.168 e. The van der Waals surface area contributed by atoms with Crippen molar-refractivity contribution >= 4 is 28.5 Å². The van der Waals surface area contributed by atoms with Gasteiger partial charge in [0.05, 0.1) is 17.3 Å². The molecule has 2 aromatic carbocycles. The summed E-state index contributed by atoms with van der Waals surface area (Å²) in [4.78, 5) is 8.85. The molecule has 4 aromatic rings. The highest BCUT2D eigenvalue weighted by Crippen LogP contribution is 2.27. The molecule has 1 N–H and O–H groups in total. The van der Waals surface area contributed by atoms with Crippen molar-refractivity contribution in [2.45, 2.75) is 19.9 Å². The first-order chi connectivity index (χ1) is 12.6. The van der Waals surface area contributed by atoms with E-state index in [0.717, 1.165) is 28.1 Å². The van der Waals surface area contributed by atoms with Gasteiger partial charge in [-0.15, -0.1) is 0 Å². The highest BCUT2D eigenvalue weighted by molar-refractivity contribution is 6.30. The second-order valence-corrected chi connectivity index (χ2v) is 6.66. The molecule has 2 heterocycles. The van der Waals surface area contributed by atoms with Gasteiger partial charge < -0.3 is 5.32 Å². The summed E-state index contributed by atoms with van der Waals surface area (Å²) < 4.78 is 1.80. The summed E-state index contributed by atoms with van der Waals surface area (Å²) in [6.07, 6.45) is 3.34. The number of anilines is 1. The Hall–Kier alpha value is -2.92. The van der Waals surface area contributed by atoms with Crippen molar-refractivity contribution in [1.29, 1.82) is 0 Å². The minimum absolute atomic E-state index is 0.116. The summed E-state index contributed by atoms with van der Waals surface area (Å²) in [7, 11) is 0. The molecule has 0 radical (unpaired) electrons. The molecule has 0 aliphatic heterocycles. The number of nitrogens with one attached hydrogen (secondary N) is 1. The van der Waals surface area contributed by atoms with Crippen molar-refractivity contribution in [3.8, 4) is 5.69 Å². The highest BCUT2D eigenvalue weighted by Gasteiger charge is 2.14. The number of aryl methyl sites for hydroxylation is 1. The van der Waals surface area contributed by atoms with Crippen molar-refractivity contribution in [2.75, 3.05) is 5.32 Å². The molecule has 1 unspecified atom stereocenters. The zero-order valence-electron chi connectivity index (χ0n) is 14.5. The number of hydrogen-bond acceptors (Lipinski definition) is 4. The van der Waals surface area contributed by atoms with Gasteiger partial charge in [-0.3, -0.25) is 0 Å². The molecule has 2 aromatic heterocycles. The molecule has 1 atom stereocenters. The Morgan fingerprint density at radius 2 is 1.88 bits per heavy atom. The van der Waals surface area contributed by atoms with E-state index in [0.29, 0.717) is 5.02 Å². The van der Waals surface area contributed by atoms with E-state index in [9.17, 15) is 0 Å². The van der Waals surface area contributed by atoms with Crippen LogP contribution in [0.3, 0.4) is 0 Å². The summed E-state index contributed by atoms with van der Waals surface area (Å²) >= 11 is 6.17. The molecule has 4 rings (SSSR count). The van der Waals surface area contributed by atoms with Gasteiger partial charge in [-0.2, -0.15) is 5.10 Å². The Balaban J connectivity index is 1.75. The maximum Gasteiger partial charge on any atom is 0.168 e. The SMILES string of the molecule is Cc1ccc(Cl)cc1-n1ncc2c(NC(C)c3ccccc3)ncnc21. The number of benzene rings is 2. The zero-order valence-corrected chi connectivity index (χ0v) is 15.3. The third kappa shape index (κ3) is 3.02. The van der Waals surface area contributed by atoms with E-state index in [4.69, 9.17) is 11.6 Å². The van der Waals surface area contributed by atoms with Gasteiger partial charge in [0.2, 0.25) is 0 Å². The first-order valence-corrected chi connectivity index (χ1v) is 8.78. The summed E-state index contributed by atoms with van der Waals surface area (Å²) in [5, 5.41) is 9.52. The molecule has 0 fully saturated rings. The molecule has 0 amide bonds. The fraction of sp³-hybridized carbons (Fsp3) is 0.150. The lowest BCUT2D eigenvalue weighted by molar-refractivity contribution is 0.873. The fourth-order valence-corrected chi connectivity index (χ4v) is 3.14. The van der Waals surface area contributed by atoms with E-state index in [1.54, 1.807) is 17.2 Å². The van der Waals surface area contributed by atoms with Gasteiger partial charge in [-0.05, 0) is 37.1 Å². The first-order valence-electron chi connectivity index (χ1n) is 8.40. The molecule has 0 aliphatic rings. The number of halogens is 1. The van der Waals surface area contributed by atoms with E-state index >= 15 is 0 Å². The van der Waals surface area contributed by atoms with Crippen LogP contribution in [-0.4, -0.2) is 19.7 Å². The van der Waals surface area contributed by atoms with E-state index in [-0.39, 0.29) is 6.04 Å². The van der Waals surface area contributed by atoms with Gasteiger partial charge in [-0.25, -0.2) is 14.6 Å². The Labute approximate surface area is 156 Å². The van der Waals surface area contributed by atoms with Crippen LogP contribution < -0.4 is 5.32 Å². The van der Waals surface area contributed by atoms with Crippen LogP contribution in [0.1, 0.15) is 24.1 Å². The molecular weight excluding hydrogens is 346 g/mol. The fourth-order valence-electron chi connectivity index (χ4n) is 2.98. The topological polar surface area (TPSA) is 55.6 Å². The molecule has 0 saturated carbocycles. The molecule has 0 bridgehead atoms. The molecule has 130 valence electrons. The lowest BCUT2D eigenvalue weighted by Gasteiger charge is -2.15. The van der Waals surface area contributed by atoms with Gasteiger partial charge in [-0.1, -0.05) is 48.0 Å². The first kappa shape index (κ1) is 16.5. The number of hydrogen-bond donors (Lipinski definition) is 1. The van der Waals surface area contributed by atoms with Gasteiger partial charge in [0, 0.05) is 11.1 Å². The molecular formula is C20H18ClN5. The average molecular weight is 364 g/mol. The lowest BCUT2D eigenvalue weighted by atomic mass is 10.1. The lowest BCUT2D eigenvalue weighted by Crippen LogP contribution is -2.08. The van der Waals surface area contributed by atoms with Crippen LogP contribution >= 0.6 is 11.6 Å². The summed E-state index contributed by atoms with van der Waals surface area (Å²) in [5.74, 6) is 0.761. The molecule has 0 aliphatic carbocycles. The maximum absolute atomic E-state index is 6.17. The van der Waals surface area contributed by atoms with Gasteiger partial charge in [0.1, 0.15) is 12.1 Å². The predicted molar refractivity (Wildman–Crippen MR) is 105 cm³/mol. The molecule has 6 heteroatoms. The van der Waals surface area contributed by atoms with Crippen LogP contribution in [0.25, 0.3) is 16.7 Å². The monoisotopic (exact) mass is 363 g/mol. The van der Waals surface area contributed by atoms with Crippen molar-refractivity contribution in [1.82, 2.24) is 19.7 Å². The summed E-state index contributed by atoms with van der Waals surface area (Å²) in [5.41, 5.74) is 3.92. The van der Waals surface area contributed by atoms with Crippen LogP contribution in [0.2, 0.25) is 5.02 Å². The van der Waals surface area contributed by atoms with Crippen LogP contribution in [0, 0.1) is 6.92 Å². The average Bonchev–Trinajstić information content (AvgIpc) is 3.09. The number of rotatable bonds is 4. The van der Waals surface area contributed by atoms with Gasteiger partial charge >= 0.3 is 0 Å². The van der Waals surface area contributed by atoms with Crippen LogP contribution in [0.15, 0.2) is 61.1 Å². The highest BCUT2D eigenvalue weighted by atomic mass is 35.5. The minimum Gasteiger partial charge on any atom is -0.363 e. The van der Waals surface area contributed by atoms with Crippen molar-refractivity contribution < 1.29 is 0 Å². The van der Waals surface area contributed by atoms with Gasteiger partial charge in [0.25, 0.3) is 0 Å². The molecule has 0 spiro atoms. The number of aromatic nitrogens is 4. The van der Waals surface area contributed by atoms with E-state index in [1.165, 1.54) is 5.56 Å². The Bertz CT molecular complexity index is 1060. The third-order valence-corrected chi connectivity index (χ3v) is 4.65. The van der Waals surface area contributed by atoms with Crippen molar-refractivity contribution in [3.05, 3.63) is 77.2 Å². The van der Waals surface area contributed by atoms with Crippen molar-refractivity contribution in [2.24, 2.45) is 0 Å². The molecule has 26 heavy (non-hydrogen) atoms. The van der Waals surface area contributed by atoms with E-state index in [2.05, 4.69) is 39.4 Å². The second kappa shape index (κ2) is 6.77. The summed E-state index contributed by atoms with van der Waals surface area (Å²) in [6, 6.07) is 16.1. The zero-order chi connectivity index (χ0) is 18.1. The van der Waals surface area contributed by atoms with Crippen LogP contribution in [0.4, 0.5) is 5.82 Å². The maximum atomic E-state index is 6.17. The third-order valence-electron chi connectivity index (χ3n) is 4.42. The number of nitrogens with zero attached hydrogens (tertiary/aromatic N) is 4. The Kier molecular flexibility index (Phi) is 4.31. The molecule has 0 saturated heterocycles. The number of fused-ring (bicyclic) bond motifs is 1. The Morgan fingerprint density at radius 1 is 1.08 bits per heavy atom. The predicted octanol–water partition coefficient (Wildman–Crippen LogP) is 4.95. The van der Waals surface area contributed by atoms with Gasteiger partial charge in [0.15, 0.2) is 5.65 Å². The molecule has 5 nitrogen and oxygen atoms in total. The van der Waals surface area contributed by atoms with Crippen molar-refractivity contribution in [3.63, 3.8) is 0 Å². The Morgan fingerprint density at radius 3 is 2.69 bits per heavy atom. The standard InChI is InChI=1S/C20H18ClN5/c1-13-8-9-16(21)10-18(13)26-20-17(11-24-26)19(22-12-23-20)25-14(2)15-6-4-3-5-7-15/h3-12,14H,1-2H3,(H,22,23,25). The second-order valence-electron chi connectivity index (χ2n) is 6.22. The quantitative estimate of drug-likeness (QED) is 0.557. The summed E-state index contributed by atoms with van der Waals surface area (Å²) in [6.45, 7) is 4.13. The van der Waals surface area contributed by atoms with Crippen LogP contribution in [-0.2, 0) is 0 Å². The minimum atomic E-state index is 0.116. The van der Waals surface area contributed by atoms with E-state index < -0.39 is 0 Å². The largest absolute Gasteiger partial charge is 0.363 e.